The van der Waals surface area contributed by atoms with Crippen LogP contribution in [0.1, 0.15) is 97.3 Å². The summed E-state index contributed by atoms with van der Waals surface area (Å²) in [7, 11) is 0. The summed E-state index contributed by atoms with van der Waals surface area (Å²) in [4.78, 5) is 21.9. The van der Waals surface area contributed by atoms with Crippen LogP contribution >= 0.6 is 0 Å². The van der Waals surface area contributed by atoms with Crippen LogP contribution in [0.25, 0.3) is 0 Å². The number of carboxylic acids is 1. The zero-order chi connectivity index (χ0) is 17.3. The van der Waals surface area contributed by atoms with E-state index in [-0.39, 0.29) is 12.3 Å². The van der Waals surface area contributed by atoms with Crippen LogP contribution in [0.4, 0.5) is 0 Å². The van der Waals surface area contributed by atoms with E-state index in [0.29, 0.717) is 5.78 Å². The summed E-state index contributed by atoms with van der Waals surface area (Å²) in [6.07, 6.45) is 17.5. The van der Waals surface area contributed by atoms with E-state index in [1.54, 1.807) is 6.92 Å². The Morgan fingerprint density at radius 1 is 0.913 bits per heavy atom. The number of carbonyl (C=O) groups excluding carboxylic acids is 2. The van der Waals surface area contributed by atoms with Gasteiger partial charge in [-0.15, -0.1) is 0 Å². The van der Waals surface area contributed by atoms with Crippen molar-refractivity contribution in [3.05, 3.63) is 12.2 Å². The molecule has 3 heteroatoms. The zero-order valence-electron chi connectivity index (χ0n) is 15.1. The normalized spacial score (nSPS) is 12.6. The van der Waals surface area contributed by atoms with Gasteiger partial charge in [0.05, 0.1) is 0 Å². The number of Topliss-reactive ketones (excluding diaryl/α,β-unsaturated/α-hetero) is 1. The van der Waals surface area contributed by atoms with Gasteiger partial charge in [0.1, 0.15) is 5.78 Å². The number of carbonyl (C=O) groups is 2. The third kappa shape index (κ3) is 15.5. The monoisotopic (exact) mass is 323 g/mol. The van der Waals surface area contributed by atoms with Crippen LogP contribution in [-0.2, 0) is 9.59 Å². The maximum absolute atomic E-state index is 11.6. The van der Waals surface area contributed by atoms with Crippen molar-refractivity contribution in [2.24, 2.45) is 5.92 Å². The Labute approximate surface area is 142 Å². The van der Waals surface area contributed by atoms with Crippen molar-refractivity contribution >= 4 is 11.8 Å². The Balaban J connectivity index is 3.60. The Kier molecular flexibility index (Phi) is 15.0. The van der Waals surface area contributed by atoms with Crippen LogP contribution in [-0.4, -0.2) is 11.8 Å². The maximum Gasteiger partial charge on any atom is 0.133 e. The molecule has 0 saturated heterocycles. The fraction of sp³-hybridized carbons (Fsp3) is 0.800. The first-order valence-electron chi connectivity index (χ1n) is 9.43. The average Bonchev–Trinajstić information content (AvgIpc) is 2.50. The van der Waals surface area contributed by atoms with Crippen LogP contribution in [0.5, 0.6) is 0 Å². The van der Waals surface area contributed by atoms with Gasteiger partial charge in [-0.3, -0.25) is 4.79 Å². The molecule has 0 aliphatic rings. The summed E-state index contributed by atoms with van der Waals surface area (Å²) >= 11 is 0. The zero-order valence-corrected chi connectivity index (χ0v) is 15.1. The average molecular weight is 323 g/mol. The molecule has 0 spiro atoms. The number of aliphatic carboxylic acids is 1. The molecule has 134 valence electrons. The number of ketones is 1. The van der Waals surface area contributed by atoms with Crippen LogP contribution in [0, 0.1) is 5.92 Å². The largest absolute Gasteiger partial charge is 0.550 e. The van der Waals surface area contributed by atoms with Crippen molar-refractivity contribution in [2.45, 2.75) is 97.3 Å². The lowest BCUT2D eigenvalue weighted by Gasteiger charge is -2.11. The predicted octanol–water partition coefficient (Wildman–Crippen LogP) is 4.59. The molecule has 0 rings (SSSR count). The van der Waals surface area contributed by atoms with E-state index in [0.717, 1.165) is 57.8 Å². The second-order valence-electron chi connectivity index (χ2n) is 6.54. The highest BCUT2D eigenvalue weighted by Crippen LogP contribution is 2.16. The lowest BCUT2D eigenvalue weighted by atomic mass is 9.93. The number of unbranched alkanes of at least 4 members (excludes halogenated alkanes) is 8. The quantitative estimate of drug-likeness (QED) is 0.308. The van der Waals surface area contributed by atoms with E-state index < -0.39 is 5.97 Å². The molecule has 0 N–H and O–H groups in total. The van der Waals surface area contributed by atoms with Gasteiger partial charge >= 0.3 is 0 Å². The highest BCUT2D eigenvalue weighted by molar-refractivity contribution is 5.78. The van der Waals surface area contributed by atoms with Crippen molar-refractivity contribution in [1.29, 1.82) is 0 Å². The molecule has 0 aromatic rings. The molecule has 0 aliphatic heterocycles. The minimum atomic E-state index is -0.942. The van der Waals surface area contributed by atoms with Gasteiger partial charge in [0.15, 0.2) is 0 Å². The Morgan fingerprint density at radius 2 is 1.57 bits per heavy atom. The van der Waals surface area contributed by atoms with Gasteiger partial charge in [-0.2, -0.15) is 0 Å². The molecule has 3 nitrogen and oxygen atoms in total. The number of carboxylic acid groups (broad SMARTS) is 1. The van der Waals surface area contributed by atoms with Gasteiger partial charge in [-0.25, -0.2) is 0 Å². The Morgan fingerprint density at radius 3 is 2.22 bits per heavy atom. The van der Waals surface area contributed by atoms with Gasteiger partial charge in [0.25, 0.3) is 0 Å². The molecule has 0 radical (unpaired) electrons. The molecule has 0 aromatic carbocycles. The first-order valence-corrected chi connectivity index (χ1v) is 9.43. The van der Waals surface area contributed by atoms with E-state index in [4.69, 9.17) is 0 Å². The number of hydrogen-bond acceptors (Lipinski definition) is 3. The topological polar surface area (TPSA) is 57.2 Å². The SMILES string of the molecule is CCCCCCC(C/C=C/CCCCCCCC(=O)[O-])C(C)=O. The molecule has 0 amide bonds. The van der Waals surface area contributed by atoms with E-state index in [1.165, 1.54) is 19.3 Å². The smallest absolute Gasteiger partial charge is 0.133 e. The summed E-state index contributed by atoms with van der Waals surface area (Å²) in [5, 5.41) is 10.3. The molecule has 0 saturated carbocycles. The molecular formula is C20H35O3-. The van der Waals surface area contributed by atoms with Crippen LogP contribution in [0.3, 0.4) is 0 Å². The maximum atomic E-state index is 11.6. The van der Waals surface area contributed by atoms with Crippen molar-refractivity contribution in [3.63, 3.8) is 0 Å². The second-order valence-corrected chi connectivity index (χ2v) is 6.54. The Bertz CT molecular complexity index is 334. The molecule has 1 atom stereocenters. The van der Waals surface area contributed by atoms with Crippen molar-refractivity contribution in [2.75, 3.05) is 0 Å². The van der Waals surface area contributed by atoms with E-state index in [9.17, 15) is 14.7 Å². The van der Waals surface area contributed by atoms with Crippen LogP contribution in [0.2, 0.25) is 0 Å². The van der Waals surface area contributed by atoms with E-state index in [2.05, 4.69) is 19.1 Å². The third-order valence-electron chi connectivity index (χ3n) is 4.32. The first-order chi connectivity index (χ1) is 11.1. The number of rotatable bonds is 16. The molecule has 0 aromatic heterocycles. The minimum Gasteiger partial charge on any atom is -0.550 e. The van der Waals surface area contributed by atoms with Gasteiger partial charge in [0, 0.05) is 11.9 Å². The highest BCUT2D eigenvalue weighted by atomic mass is 16.4. The molecule has 23 heavy (non-hydrogen) atoms. The minimum absolute atomic E-state index is 0.185. The lowest BCUT2D eigenvalue weighted by molar-refractivity contribution is -0.305. The molecule has 1 unspecified atom stereocenters. The standard InChI is InChI=1S/C20H36O3/c1-3-4-5-12-15-19(18(2)21)16-13-10-8-6-7-9-11-14-17-20(22)23/h10,13,19H,3-9,11-12,14-17H2,1-2H3,(H,22,23)/p-1/b13-10+. The molecule has 0 bridgehead atoms. The van der Waals surface area contributed by atoms with Gasteiger partial charge in [0.2, 0.25) is 0 Å². The summed E-state index contributed by atoms with van der Waals surface area (Å²) in [5.41, 5.74) is 0. The predicted molar refractivity (Wildman–Crippen MR) is 94.0 cm³/mol. The summed E-state index contributed by atoms with van der Waals surface area (Å²) < 4.78 is 0. The van der Waals surface area contributed by atoms with Gasteiger partial charge in [-0.1, -0.05) is 64.0 Å². The second kappa shape index (κ2) is 15.8. The summed E-state index contributed by atoms with van der Waals surface area (Å²) in [6, 6.07) is 0. The summed E-state index contributed by atoms with van der Waals surface area (Å²) in [5.74, 6) is -0.422. The van der Waals surface area contributed by atoms with Crippen LogP contribution in [0.15, 0.2) is 12.2 Å². The fourth-order valence-corrected chi connectivity index (χ4v) is 2.74. The van der Waals surface area contributed by atoms with E-state index >= 15 is 0 Å². The number of hydrogen-bond donors (Lipinski definition) is 0. The molecule has 0 fully saturated rings. The fourth-order valence-electron chi connectivity index (χ4n) is 2.74. The molecule has 0 aliphatic carbocycles. The first kappa shape index (κ1) is 21.9. The molecule has 0 heterocycles. The third-order valence-corrected chi connectivity index (χ3v) is 4.32. The Hall–Kier alpha value is -1.12. The van der Waals surface area contributed by atoms with Crippen LogP contribution < -0.4 is 5.11 Å². The van der Waals surface area contributed by atoms with Crippen molar-refractivity contribution < 1.29 is 14.7 Å². The summed E-state index contributed by atoms with van der Waals surface area (Å²) in [6.45, 7) is 3.92. The highest BCUT2D eigenvalue weighted by Gasteiger charge is 2.11. The van der Waals surface area contributed by atoms with Gasteiger partial charge < -0.3 is 9.90 Å². The van der Waals surface area contributed by atoms with Crippen molar-refractivity contribution in [3.8, 4) is 0 Å². The molecular weight excluding hydrogens is 288 g/mol. The van der Waals surface area contributed by atoms with Crippen molar-refractivity contribution in [1.82, 2.24) is 0 Å². The lowest BCUT2D eigenvalue weighted by Crippen LogP contribution is -2.21. The van der Waals surface area contributed by atoms with Gasteiger partial charge in [-0.05, 0) is 45.4 Å². The number of allylic oxidation sites excluding steroid dienone is 2. The van der Waals surface area contributed by atoms with E-state index in [1.807, 2.05) is 0 Å².